The summed E-state index contributed by atoms with van der Waals surface area (Å²) in [6.45, 7) is 0. The number of rotatable bonds is 4. The number of ether oxygens (including phenoxy) is 2. The van der Waals surface area contributed by atoms with Crippen molar-refractivity contribution in [1.29, 1.82) is 0 Å². The molecule has 2 aliphatic rings. The van der Waals surface area contributed by atoms with Gasteiger partial charge in [0.15, 0.2) is 5.78 Å². The molecule has 0 N–H and O–H groups in total. The summed E-state index contributed by atoms with van der Waals surface area (Å²) in [4.78, 5) is 13.0. The minimum absolute atomic E-state index is 0.117. The largest absolute Gasteiger partial charge is 0.496 e. The van der Waals surface area contributed by atoms with Crippen molar-refractivity contribution in [2.75, 3.05) is 14.2 Å². The first-order valence-electron chi connectivity index (χ1n) is 7.63. The van der Waals surface area contributed by atoms with Crippen molar-refractivity contribution in [3.05, 3.63) is 23.8 Å². The van der Waals surface area contributed by atoms with E-state index in [4.69, 9.17) is 9.47 Å². The zero-order chi connectivity index (χ0) is 14.8. The normalized spacial score (nSPS) is 28.0. The number of benzene rings is 1. The van der Waals surface area contributed by atoms with Crippen molar-refractivity contribution in [1.82, 2.24) is 0 Å². The van der Waals surface area contributed by atoms with E-state index in [0.717, 1.165) is 12.8 Å². The van der Waals surface area contributed by atoms with Gasteiger partial charge in [0.05, 0.1) is 14.2 Å². The zero-order valence-corrected chi connectivity index (χ0v) is 13.4. The van der Waals surface area contributed by atoms with Crippen LogP contribution in [-0.4, -0.2) is 30.5 Å². The lowest BCUT2D eigenvalue weighted by atomic mass is 9.84. The number of hydrogen-bond acceptors (Lipinski definition) is 4. The van der Waals surface area contributed by atoms with Crippen LogP contribution in [0.4, 0.5) is 0 Å². The topological polar surface area (TPSA) is 35.5 Å². The molecule has 0 saturated carbocycles. The van der Waals surface area contributed by atoms with Crippen LogP contribution in [0.3, 0.4) is 0 Å². The van der Waals surface area contributed by atoms with Gasteiger partial charge in [0.25, 0.3) is 0 Å². The van der Waals surface area contributed by atoms with Crippen LogP contribution in [0.2, 0.25) is 0 Å². The molecular weight excluding hydrogens is 284 g/mol. The van der Waals surface area contributed by atoms with Crippen molar-refractivity contribution in [3.8, 4) is 11.5 Å². The van der Waals surface area contributed by atoms with Gasteiger partial charge in [-0.2, -0.15) is 11.8 Å². The molecule has 2 saturated heterocycles. The highest BCUT2D eigenvalue weighted by molar-refractivity contribution is 8.00. The molecule has 21 heavy (non-hydrogen) atoms. The van der Waals surface area contributed by atoms with Gasteiger partial charge in [0.1, 0.15) is 17.1 Å². The van der Waals surface area contributed by atoms with Gasteiger partial charge in [-0.1, -0.05) is 12.5 Å². The van der Waals surface area contributed by atoms with Crippen LogP contribution < -0.4 is 9.47 Å². The van der Waals surface area contributed by atoms with Crippen molar-refractivity contribution < 1.29 is 14.3 Å². The highest BCUT2D eigenvalue weighted by atomic mass is 32.2. The lowest BCUT2D eigenvalue weighted by molar-refractivity contribution is 0.0890. The number of methoxy groups -OCH3 is 2. The van der Waals surface area contributed by atoms with Crippen molar-refractivity contribution in [3.63, 3.8) is 0 Å². The predicted octanol–water partition coefficient (Wildman–Crippen LogP) is 3.95. The summed E-state index contributed by atoms with van der Waals surface area (Å²) < 4.78 is 10.8. The molecule has 2 fully saturated rings. The van der Waals surface area contributed by atoms with E-state index in [1.807, 2.05) is 18.2 Å². The van der Waals surface area contributed by atoms with Crippen LogP contribution in [0.25, 0.3) is 0 Å². The number of fused-ring (bicyclic) bond motifs is 2. The van der Waals surface area contributed by atoms with Crippen LogP contribution in [-0.2, 0) is 0 Å². The molecule has 2 bridgehead atoms. The summed E-state index contributed by atoms with van der Waals surface area (Å²) in [7, 11) is 3.22. The molecule has 0 spiro atoms. The summed E-state index contributed by atoms with van der Waals surface area (Å²) in [5.41, 5.74) is 0.623. The van der Waals surface area contributed by atoms with Crippen LogP contribution in [0.5, 0.6) is 11.5 Å². The van der Waals surface area contributed by atoms with Gasteiger partial charge in [0.2, 0.25) is 0 Å². The number of carbonyl (C=O) groups is 1. The van der Waals surface area contributed by atoms with Crippen molar-refractivity contribution >= 4 is 17.5 Å². The predicted molar refractivity (Wildman–Crippen MR) is 85.6 cm³/mol. The Morgan fingerprint density at radius 3 is 2.19 bits per heavy atom. The first kappa shape index (κ1) is 14.8. The second kappa shape index (κ2) is 6.30. The number of hydrogen-bond donors (Lipinski definition) is 0. The smallest absolute Gasteiger partial charge is 0.173 e. The number of ketones is 1. The van der Waals surface area contributed by atoms with E-state index in [9.17, 15) is 4.79 Å². The fourth-order valence-corrected chi connectivity index (χ4v) is 5.41. The summed E-state index contributed by atoms with van der Waals surface area (Å²) in [6, 6.07) is 5.54. The molecule has 1 aromatic rings. The third kappa shape index (κ3) is 2.91. The SMILES string of the molecule is COc1cccc(OC)c1C(=O)C1CC2CCCC(C1)S2. The summed E-state index contributed by atoms with van der Waals surface area (Å²) in [5, 5.41) is 1.32. The number of Topliss-reactive ketones (excluding diaryl/α,β-unsaturated/α-hetero) is 1. The maximum Gasteiger partial charge on any atom is 0.173 e. The highest BCUT2D eigenvalue weighted by Gasteiger charge is 2.37. The fourth-order valence-electron chi connectivity index (χ4n) is 3.57. The first-order valence-corrected chi connectivity index (χ1v) is 8.58. The highest BCUT2D eigenvalue weighted by Crippen LogP contribution is 2.45. The molecular formula is C17H22O3S. The van der Waals surface area contributed by atoms with E-state index in [2.05, 4.69) is 11.8 Å². The third-order valence-corrected chi connectivity index (χ3v) is 6.20. The molecule has 2 unspecified atom stereocenters. The molecule has 2 aliphatic heterocycles. The fraction of sp³-hybridized carbons (Fsp3) is 0.588. The van der Waals surface area contributed by atoms with Gasteiger partial charge >= 0.3 is 0 Å². The van der Waals surface area contributed by atoms with Crippen LogP contribution in [0, 0.1) is 5.92 Å². The molecule has 3 nitrogen and oxygen atoms in total. The van der Waals surface area contributed by atoms with Crippen LogP contribution in [0.15, 0.2) is 18.2 Å². The minimum atomic E-state index is 0.117. The van der Waals surface area contributed by atoms with Crippen LogP contribution >= 0.6 is 11.8 Å². The summed E-state index contributed by atoms with van der Waals surface area (Å²) >= 11 is 2.09. The standard InChI is InChI=1S/C17H22O3S/c1-19-14-7-4-8-15(20-2)16(14)17(18)11-9-12-5-3-6-13(10-11)21-12/h4,7-8,11-13H,3,5-6,9-10H2,1-2H3. The Kier molecular flexibility index (Phi) is 4.43. The van der Waals surface area contributed by atoms with E-state index >= 15 is 0 Å². The molecule has 0 aromatic heterocycles. The molecule has 0 amide bonds. The van der Waals surface area contributed by atoms with Gasteiger partial charge in [-0.15, -0.1) is 0 Å². The number of thioether (sulfide) groups is 1. The lowest BCUT2D eigenvalue weighted by Gasteiger charge is -2.38. The third-order valence-electron chi connectivity index (χ3n) is 4.58. The Labute approximate surface area is 130 Å². The van der Waals surface area contributed by atoms with Gasteiger partial charge in [-0.05, 0) is 37.8 Å². The average molecular weight is 306 g/mol. The quantitative estimate of drug-likeness (QED) is 0.789. The zero-order valence-electron chi connectivity index (χ0n) is 12.6. The van der Waals surface area contributed by atoms with Crippen molar-refractivity contribution in [2.45, 2.75) is 42.6 Å². The Morgan fingerprint density at radius 1 is 1.10 bits per heavy atom. The molecule has 2 atom stereocenters. The lowest BCUT2D eigenvalue weighted by Crippen LogP contribution is -2.33. The van der Waals surface area contributed by atoms with Crippen LogP contribution in [0.1, 0.15) is 42.5 Å². The van der Waals surface area contributed by atoms with E-state index in [0.29, 0.717) is 27.6 Å². The van der Waals surface area contributed by atoms with Gasteiger partial charge < -0.3 is 9.47 Å². The Balaban J connectivity index is 1.88. The second-order valence-electron chi connectivity index (χ2n) is 5.88. The minimum Gasteiger partial charge on any atom is -0.496 e. The second-order valence-corrected chi connectivity index (χ2v) is 7.49. The summed E-state index contributed by atoms with van der Waals surface area (Å²) in [5.74, 6) is 1.57. The molecule has 4 heteroatoms. The van der Waals surface area contributed by atoms with Gasteiger partial charge in [-0.3, -0.25) is 4.79 Å². The number of carbonyl (C=O) groups excluding carboxylic acids is 1. The van der Waals surface area contributed by atoms with E-state index in [1.54, 1.807) is 14.2 Å². The van der Waals surface area contributed by atoms with E-state index in [-0.39, 0.29) is 11.7 Å². The van der Waals surface area contributed by atoms with Crippen molar-refractivity contribution in [2.24, 2.45) is 5.92 Å². The molecule has 1 aromatic carbocycles. The molecule has 3 rings (SSSR count). The Morgan fingerprint density at radius 2 is 1.67 bits per heavy atom. The van der Waals surface area contributed by atoms with Gasteiger partial charge in [-0.25, -0.2) is 0 Å². The molecule has 2 heterocycles. The molecule has 0 aliphatic carbocycles. The maximum absolute atomic E-state index is 13.0. The Bertz CT molecular complexity index is 495. The average Bonchev–Trinajstić information content (AvgIpc) is 2.52. The van der Waals surface area contributed by atoms with E-state index < -0.39 is 0 Å². The molecule has 114 valence electrons. The maximum atomic E-state index is 13.0. The first-order chi connectivity index (χ1) is 10.2. The van der Waals surface area contributed by atoms with E-state index in [1.165, 1.54) is 19.3 Å². The Hall–Kier alpha value is -1.16. The summed E-state index contributed by atoms with van der Waals surface area (Å²) in [6.07, 6.45) is 5.84. The van der Waals surface area contributed by atoms with Gasteiger partial charge in [0, 0.05) is 16.4 Å². The monoisotopic (exact) mass is 306 g/mol. The molecule has 0 radical (unpaired) electrons.